The molecule has 2 rings (SSSR count). The van der Waals surface area contributed by atoms with E-state index in [1.54, 1.807) is 13.1 Å². The van der Waals surface area contributed by atoms with Crippen molar-refractivity contribution in [3.8, 4) is 0 Å². The zero-order chi connectivity index (χ0) is 15.5. The second kappa shape index (κ2) is 6.02. The van der Waals surface area contributed by atoms with Crippen LogP contribution in [0.25, 0.3) is 0 Å². The average molecular weight is 310 g/mol. The first kappa shape index (κ1) is 15.1. The van der Waals surface area contributed by atoms with Gasteiger partial charge in [-0.3, -0.25) is 4.68 Å². The van der Waals surface area contributed by atoms with Gasteiger partial charge in [0.2, 0.25) is 10.0 Å². The molecule has 8 nitrogen and oxygen atoms in total. The fourth-order valence-corrected chi connectivity index (χ4v) is 2.86. The van der Waals surface area contributed by atoms with Gasteiger partial charge in [0.05, 0.1) is 24.1 Å². The van der Waals surface area contributed by atoms with Gasteiger partial charge in [-0.25, -0.2) is 22.9 Å². The van der Waals surface area contributed by atoms with Gasteiger partial charge in [-0.2, -0.15) is 5.10 Å². The molecule has 1 heterocycles. The number of carbonyl (C=O) groups excluding carboxylic acids is 1. The predicted octanol–water partition coefficient (Wildman–Crippen LogP) is 0.0802. The van der Waals surface area contributed by atoms with Gasteiger partial charge in [0, 0.05) is 7.05 Å². The van der Waals surface area contributed by atoms with Crippen molar-refractivity contribution in [2.45, 2.75) is 11.4 Å². The fourth-order valence-electron chi connectivity index (χ4n) is 1.68. The monoisotopic (exact) mass is 310 g/mol. The summed E-state index contributed by atoms with van der Waals surface area (Å²) in [5.74, 6) is -0.386. The molecule has 0 amide bonds. The summed E-state index contributed by atoms with van der Waals surface area (Å²) >= 11 is 0. The number of nitrogens with zero attached hydrogens (tertiary/aromatic N) is 3. The maximum absolute atomic E-state index is 12.3. The van der Waals surface area contributed by atoms with Gasteiger partial charge in [-0.05, 0) is 12.1 Å². The molecule has 0 saturated carbocycles. The summed E-state index contributed by atoms with van der Waals surface area (Å²) in [6.07, 6.45) is 1.46. The van der Waals surface area contributed by atoms with Crippen LogP contribution in [0.2, 0.25) is 0 Å². The van der Waals surface area contributed by atoms with E-state index < -0.39 is 16.0 Å². The number of rotatable bonds is 5. The standard InChI is InChI=1S/C12H14N4O4S/c1-16-8-13-11(15-16)7-14-21(18,19)10-6-4-3-5-9(10)12(17)20-2/h3-6,8,14H,7H2,1-2H3. The lowest BCUT2D eigenvalue weighted by atomic mass is 10.2. The number of aryl methyl sites for hydroxylation is 1. The number of ether oxygens (including phenoxy) is 1. The number of sulfonamides is 1. The van der Waals surface area contributed by atoms with Crippen LogP contribution in [0.3, 0.4) is 0 Å². The first-order valence-electron chi connectivity index (χ1n) is 5.95. The number of hydrogen-bond acceptors (Lipinski definition) is 6. The van der Waals surface area contributed by atoms with E-state index in [2.05, 4.69) is 19.5 Å². The number of carbonyl (C=O) groups is 1. The molecule has 0 atom stereocenters. The number of aromatic nitrogens is 3. The Balaban J connectivity index is 2.25. The second-order valence-electron chi connectivity index (χ2n) is 4.15. The lowest BCUT2D eigenvalue weighted by molar-refractivity contribution is 0.0596. The molecule has 1 N–H and O–H groups in total. The van der Waals surface area contributed by atoms with Gasteiger partial charge < -0.3 is 4.74 Å². The van der Waals surface area contributed by atoms with Gasteiger partial charge in [0.1, 0.15) is 6.33 Å². The Morgan fingerprint density at radius 1 is 1.38 bits per heavy atom. The summed E-state index contributed by atoms with van der Waals surface area (Å²) in [7, 11) is -1.01. The minimum absolute atomic E-state index is 0.0264. The van der Waals surface area contributed by atoms with Crippen LogP contribution in [0.5, 0.6) is 0 Å². The average Bonchev–Trinajstić information content (AvgIpc) is 2.90. The van der Waals surface area contributed by atoms with Crippen LogP contribution in [0.15, 0.2) is 35.5 Å². The minimum atomic E-state index is -3.88. The molecule has 9 heteroatoms. The number of nitrogens with one attached hydrogen (secondary N) is 1. The summed E-state index contributed by atoms with van der Waals surface area (Å²) in [6.45, 7) is -0.0708. The van der Waals surface area contributed by atoms with Crippen LogP contribution in [-0.2, 0) is 28.4 Å². The number of methoxy groups -OCH3 is 1. The first-order valence-corrected chi connectivity index (χ1v) is 7.44. The summed E-state index contributed by atoms with van der Waals surface area (Å²) < 4.78 is 32.9. The van der Waals surface area contributed by atoms with E-state index in [1.807, 2.05) is 0 Å². The highest BCUT2D eigenvalue weighted by Gasteiger charge is 2.22. The van der Waals surface area contributed by atoms with Gasteiger partial charge in [0.25, 0.3) is 0 Å². The fraction of sp³-hybridized carbons (Fsp3) is 0.250. The third-order valence-corrected chi connectivity index (χ3v) is 4.11. The predicted molar refractivity (Wildman–Crippen MR) is 72.8 cm³/mol. The summed E-state index contributed by atoms with van der Waals surface area (Å²) in [5.41, 5.74) is -0.0264. The normalized spacial score (nSPS) is 11.3. The Morgan fingerprint density at radius 2 is 2.10 bits per heavy atom. The van der Waals surface area contributed by atoms with E-state index >= 15 is 0 Å². The van der Waals surface area contributed by atoms with Gasteiger partial charge >= 0.3 is 5.97 Å². The minimum Gasteiger partial charge on any atom is -0.465 e. The second-order valence-corrected chi connectivity index (χ2v) is 5.88. The van der Waals surface area contributed by atoms with Crippen LogP contribution in [0.4, 0.5) is 0 Å². The zero-order valence-electron chi connectivity index (χ0n) is 11.5. The van der Waals surface area contributed by atoms with Crippen molar-refractivity contribution in [3.05, 3.63) is 42.0 Å². The lowest BCUT2D eigenvalue weighted by Crippen LogP contribution is -2.26. The molecule has 112 valence electrons. The summed E-state index contributed by atoms with van der Waals surface area (Å²) in [4.78, 5) is 15.4. The molecular weight excluding hydrogens is 296 g/mol. The van der Waals surface area contributed by atoms with Gasteiger partial charge in [-0.1, -0.05) is 12.1 Å². The molecule has 0 unspecified atom stereocenters. The highest BCUT2D eigenvalue weighted by Crippen LogP contribution is 2.16. The van der Waals surface area contributed by atoms with E-state index in [0.29, 0.717) is 5.82 Å². The Hall–Kier alpha value is -2.26. The highest BCUT2D eigenvalue weighted by molar-refractivity contribution is 7.89. The number of hydrogen-bond donors (Lipinski definition) is 1. The van der Waals surface area contributed by atoms with Crippen molar-refractivity contribution >= 4 is 16.0 Å². The summed E-state index contributed by atoms with van der Waals surface area (Å²) in [6, 6.07) is 5.81. The molecular formula is C12H14N4O4S. The van der Waals surface area contributed by atoms with E-state index in [1.165, 1.54) is 36.3 Å². The van der Waals surface area contributed by atoms with Crippen LogP contribution in [0.1, 0.15) is 16.2 Å². The topological polar surface area (TPSA) is 103 Å². The number of esters is 1. The Labute approximate surface area is 121 Å². The van der Waals surface area contributed by atoms with Crippen LogP contribution >= 0.6 is 0 Å². The van der Waals surface area contributed by atoms with Crippen molar-refractivity contribution in [2.24, 2.45) is 7.05 Å². The van der Waals surface area contributed by atoms with E-state index in [0.717, 1.165) is 0 Å². The molecule has 2 aromatic rings. The van der Waals surface area contributed by atoms with Gasteiger partial charge in [-0.15, -0.1) is 0 Å². The molecule has 0 aliphatic carbocycles. The molecule has 1 aromatic carbocycles. The van der Waals surface area contributed by atoms with Crippen molar-refractivity contribution in [1.82, 2.24) is 19.5 Å². The van der Waals surface area contributed by atoms with E-state index in [4.69, 9.17) is 0 Å². The van der Waals surface area contributed by atoms with Crippen molar-refractivity contribution < 1.29 is 17.9 Å². The molecule has 0 bridgehead atoms. The summed E-state index contributed by atoms with van der Waals surface area (Å²) in [5, 5.41) is 3.97. The van der Waals surface area contributed by atoms with Crippen molar-refractivity contribution in [3.63, 3.8) is 0 Å². The maximum Gasteiger partial charge on any atom is 0.339 e. The Bertz CT molecular complexity index is 754. The SMILES string of the molecule is COC(=O)c1ccccc1S(=O)(=O)NCc1ncn(C)n1. The van der Waals surface area contributed by atoms with Gasteiger partial charge in [0.15, 0.2) is 5.82 Å². The van der Waals surface area contributed by atoms with Crippen molar-refractivity contribution in [1.29, 1.82) is 0 Å². The molecule has 0 spiro atoms. The van der Waals surface area contributed by atoms with E-state index in [9.17, 15) is 13.2 Å². The Kier molecular flexibility index (Phi) is 4.34. The van der Waals surface area contributed by atoms with Crippen LogP contribution in [-0.4, -0.2) is 36.3 Å². The molecule has 0 aliphatic rings. The zero-order valence-corrected chi connectivity index (χ0v) is 12.3. The highest BCUT2D eigenvalue weighted by atomic mass is 32.2. The molecule has 21 heavy (non-hydrogen) atoms. The Morgan fingerprint density at radius 3 is 2.71 bits per heavy atom. The molecule has 0 saturated heterocycles. The quantitative estimate of drug-likeness (QED) is 0.785. The molecule has 0 aliphatic heterocycles. The first-order chi connectivity index (χ1) is 9.94. The largest absolute Gasteiger partial charge is 0.465 e. The maximum atomic E-state index is 12.3. The van der Waals surface area contributed by atoms with E-state index in [-0.39, 0.29) is 17.0 Å². The third kappa shape index (κ3) is 3.44. The molecule has 0 fully saturated rings. The number of benzene rings is 1. The van der Waals surface area contributed by atoms with Crippen LogP contribution < -0.4 is 4.72 Å². The van der Waals surface area contributed by atoms with Crippen molar-refractivity contribution in [2.75, 3.05) is 7.11 Å². The molecule has 1 aromatic heterocycles. The third-order valence-electron chi connectivity index (χ3n) is 2.65. The lowest BCUT2D eigenvalue weighted by Gasteiger charge is -2.09. The smallest absolute Gasteiger partial charge is 0.339 e. The molecule has 0 radical (unpaired) electrons. The van der Waals surface area contributed by atoms with Crippen LogP contribution in [0, 0.1) is 0 Å².